The fraction of sp³-hybridized carbons (Fsp3) is 0.357. The average molecular weight is 292 g/mol. The van der Waals surface area contributed by atoms with Crippen LogP contribution in [-0.4, -0.2) is 23.4 Å². The van der Waals surface area contributed by atoms with Crippen LogP contribution in [0.15, 0.2) is 24.3 Å². The molecule has 6 heteroatoms. The first-order valence-electron chi connectivity index (χ1n) is 6.20. The van der Waals surface area contributed by atoms with Crippen LogP contribution in [0.5, 0.6) is 5.75 Å². The first-order valence-corrected chi connectivity index (χ1v) is 6.61. The van der Waals surface area contributed by atoms with Crippen molar-refractivity contribution in [2.45, 2.75) is 20.3 Å². The van der Waals surface area contributed by atoms with E-state index in [9.17, 15) is 9.59 Å². The number of benzene rings is 1. The number of carbonyl (C=O) groups is 2. The van der Waals surface area contributed by atoms with Crippen molar-refractivity contribution in [1.29, 1.82) is 0 Å². The largest absolute Gasteiger partial charge is 0.484 e. The number of nitrogens with two attached hydrogens (primary N) is 1. The maximum absolute atomic E-state index is 12.3. The van der Waals surface area contributed by atoms with Crippen LogP contribution in [0.1, 0.15) is 20.3 Å². The number of nitrogens with zero attached hydrogens (tertiary/aromatic N) is 1. The monoisotopic (exact) mass is 292 g/mol. The number of rotatable bonds is 4. The zero-order valence-corrected chi connectivity index (χ0v) is 12.2. The lowest BCUT2D eigenvalue weighted by Gasteiger charge is -2.20. The lowest BCUT2D eigenvalue weighted by Crippen LogP contribution is -2.33. The number of carbonyl (C=O) groups excluding carboxylic acids is 2. The fourth-order valence-corrected chi connectivity index (χ4v) is 2.16. The van der Waals surface area contributed by atoms with Gasteiger partial charge in [-0.1, -0.05) is 38.2 Å². The molecule has 1 aromatic carbocycles. The molecule has 1 aliphatic rings. The van der Waals surface area contributed by atoms with E-state index < -0.39 is 5.41 Å². The van der Waals surface area contributed by atoms with Gasteiger partial charge in [-0.3, -0.25) is 9.59 Å². The molecule has 5 nitrogen and oxygen atoms in total. The van der Waals surface area contributed by atoms with Crippen molar-refractivity contribution < 1.29 is 14.3 Å². The highest BCUT2D eigenvalue weighted by atomic mass is 32.1. The van der Waals surface area contributed by atoms with E-state index in [1.165, 1.54) is 4.90 Å². The van der Waals surface area contributed by atoms with Gasteiger partial charge in [0, 0.05) is 6.42 Å². The molecule has 0 spiro atoms. The minimum atomic E-state index is -0.687. The van der Waals surface area contributed by atoms with Crippen molar-refractivity contribution in [2.24, 2.45) is 11.1 Å². The summed E-state index contributed by atoms with van der Waals surface area (Å²) in [7, 11) is 0. The Labute approximate surface area is 122 Å². The van der Waals surface area contributed by atoms with Gasteiger partial charge in [0.1, 0.15) is 17.3 Å². The van der Waals surface area contributed by atoms with E-state index in [1.54, 1.807) is 38.1 Å². The molecule has 106 valence electrons. The molecular weight excluding hydrogens is 276 g/mol. The summed E-state index contributed by atoms with van der Waals surface area (Å²) in [5, 5.41) is 0. The van der Waals surface area contributed by atoms with Crippen LogP contribution in [-0.2, 0) is 9.59 Å². The summed E-state index contributed by atoms with van der Waals surface area (Å²) in [5.41, 5.74) is 5.15. The minimum Gasteiger partial charge on any atom is -0.484 e. The normalized spacial score (nSPS) is 17.4. The summed E-state index contributed by atoms with van der Waals surface area (Å²) in [6, 6.07) is 6.86. The summed E-state index contributed by atoms with van der Waals surface area (Å²) in [6.45, 7) is 3.57. The molecule has 0 unspecified atom stereocenters. The maximum Gasteiger partial charge on any atom is 0.240 e. The smallest absolute Gasteiger partial charge is 0.240 e. The highest BCUT2D eigenvalue weighted by Crippen LogP contribution is 2.38. The first-order chi connectivity index (χ1) is 9.33. The predicted octanol–water partition coefficient (Wildman–Crippen LogP) is 1.64. The molecule has 20 heavy (non-hydrogen) atoms. The predicted molar refractivity (Wildman–Crippen MR) is 79.6 cm³/mol. The van der Waals surface area contributed by atoms with Crippen LogP contribution in [0, 0.1) is 5.41 Å². The Morgan fingerprint density at radius 3 is 2.60 bits per heavy atom. The van der Waals surface area contributed by atoms with Crippen LogP contribution in [0.25, 0.3) is 0 Å². The average Bonchev–Trinajstić information content (AvgIpc) is 2.56. The van der Waals surface area contributed by atoms with Gasteiger partial charge in [0.25, 0.3) is 0 Å². The second-order valence-electron chi connectivity index (χ2n) is 5.32. The third-order valence-electron chi connectivity index (χ3n) is 3.10. The van der Waals surface area contributed by atoms with Gasteiger partial charge in [-0.2, -0.15) is 0 Å². The lowest BCUT2D eigenvalue weighted by molar-refractivity contribution is -0.124. The summed E-state index contributed by atoms with van der Waals surface area (Å²) in [4.78, 5) is 25.8. The van der Waals surface area contributed by atoms with Crippen molar-refractivity contribution >= 4 is 34.7 Å². The zero-order valence-electron chi connectivity index (χ0n) is 11.4. The van der Waals surface area contributed by atoms with Gasteiger partial charge in [-0.15, -0.1) is 0 Å². The van der Waals surface area contributed by atoms with Crippen LogP contribution >= 0.6 is 12.2 Å². The number of anilines is 1. The van der Waals surface area contributed by atoms with Crippen LogP contribution < -0.4 is 15.4 Å². The molecule has 1 saturated heterocycles. The van der Waals surface area contributed by atoms with Crippen molar-refractivity contribution in [1.82, 2.24) is 0 Å². The van der Waals surface area contributed by atoms with Crippen molar-refractivity contribution in [3.05, 3.63) is 24.3 Å². The molecule has 1 heterocycles. The summed E-state index contributed by atoms with van der Waals surface area (Å²) >= 11 is 4.76. The molecule has 1 aromatic rings. The van der Waals surface area contributed by atoms with Crippen LogP contribution in [0.4, 0.5) is 5.69 Å². The molecule has 0 atom stereocenters. The Hall–Kier alpha value is -1.95. The highest BCUT2D eigenvalue weighted by Gasteiger charge is 2.46. The molecule has 2 rings (SSSR count). The van der Waals surface area contributed by atoms with E-state index in [2.05, 4.69) is 0 Å². The molecule has 0 aliphatic carbocycles. The van der Waals surface area contributed by atoms with Crippen LogP contribution in [0.2, 0.25) is 0 Å². The molecule has 0 bridgehead atoms. The van der Waals surface area contributed by atoms with E-state index >= 15 is 0 Å². The molecule has 1 fully saturated rings. The number of ether oxygens (including phenoxy) is 1. The Morgan fingerprint density at radius 2 is 2.05 bits per heavy atom. The summed E-state index contributed by atoms with van der Waals surface area (Å²) < 4.78 is 5.46. The molecular formula is C14H16N2O3S. The quantitative estimate of drug-likeness (QED) is 0.674. The second-order valence-corrected chi connectivity index (χ2v) is 5.84. The number of para-hydroxylation sites is 2. The van der Waals surface area contributed by atoms with Gasteiger partial charge in [0.15, 0.2) is 0 Å². The number of imide groups is 1. The van der Waals surface area contributed by atoms with Gasteiger partial charge in [0.05, 0.1) is 11.1 Å². The number of amides is 2. The third kappa shape index (κ3) is 2.65. The SMILES string of the molecule is CC1(C)CC(=O)N(c2ccccc2OCC(N)=S)C1=O. The Balaban J connectivity index is 2.35. The van der Waals surface area contributed by atoms with E-state index in [4.69, 9.17) is 22.7 Å². The van der Waals surface area contributed by atoms with Gasteiger partial charge >= 0.3 is 0 Å². The fourth-order valence-electron chi connectivity index (χ4n) is 2.11. The topological polar surface area (TPSA) is 72.6 Å². The minimum absolute atomic E-state index is 0.0615. The van der Waals surface area contributed by atoms with Crippen molar-refractivity contribution in [3.8, 4) is 5.75 Å². The van der Waals surface area contributed by atoms with Crippen LogP contribution in [0.3, 0.4) is 0 Å². The summed E-state index contributed by atoms with van der Waals surface area (Å²) in [6.07, 6.45) is 0.190. The van der Waals surface area contributed by atoms with Gasteiger partial charge in [-0.25, -0.2) is 4.90 Å². The first kappa shape index (κ1) is 14.5. The molecule has 2 N–H and O–H groups in total. The number of hydrogen-bond acceptors (Lipinski definition) is 4. The molecule has 0 saturated carbocycles. The third-order valence-corrected chi connectivity index (χ3v) is 3.22. The Kier molecular flexibility index (Phi) is 3.76. The highest BCUT2D eigenvalue weighted by molar-refractivity contribution is 7.80. The van der Waals surface area contributed by atoms with Gasteiger partial charge < -0.3 is 10.5 Å². The molecule has 1 aliphatic heterocycles. The van der Waals surface area contributed by atoms with E-state index in [0.29, 0.717) is 11.4 Å². The Morgan fingerprint density at radius 1 is 1.40 bits per heavy atom. The lowest BCUT2D eigenvalue weighted by atomic mass is 9.92. The number of thiocarbonyl (C=S) groups is 1. The zero-order chi connectivity index (χ0) is 14.9. The van der Waals surface area contributed by atoms with E-state index in [0.717, 1.165) is 0 Å². The van der Waals surface area contributed by atoms with Gasteiger partial charge in [0.2, 0.25) is 11.8 Å². The molecule has 0 aromatic heterocycles. The molecule has 2 amide bonds. The number of hydrogen-bond donors (Lipinski definition) is 1. The standard InChI is InChI=1S/C14H16N2O3S/c1-14(2)7-12(17)16(13(14)18)9-5-3-4-6-10(9)19-8-11(15)20/h3-6H,7-8H2,1-2H3,(H2,15,20). The second kappa shape index (κ2) is 5.20. The Bertz CT molecular complexity index is 584. The van der Waals surface area contributed by atoms with Crippen molar-refractivity contribution in [3.63, 3.8) is 0 Å². The summed E-state index contributed by atoms with van der Waals surface area (Å²) in [5.74, 6) is -0.0417. The van der Waals surface area contributed by atoms with E-state index in [-0.39, 0.29) is 29.8 Å². The van der Waals surface area contributed by atoms with Crippen molar-refractivity contribution in [2.75, 3.05) is 11.5 Å². The molecule has 0 radical (unpaired) electrons. The van der Waals surface area contributed by atoms with E-state index in [1.807, 2.05) is 0 Å². The maximum atomic E-state index is 12.3. The van der Waals surface area contributed by atoms with Gasteiger partial charge in [-0.05, 0) is 12.1 Å².